The monoisotopic (exact) mass is 471 g/mol. The van der Waals surface area contributed by atoms with Crippen LogP contribution in [0.25, 0.3) is 11.4 Å². The third-order valence-corrected chi connectivity index (χ3v) is 7.23. The van der Waals surface area contributed by atoms with E-state index < -0.39 is 0 Å². The number of benzene rings is 2. The number of aryl methyl sites for hydroxylation is 4. The Kier molecular flexibility index (Phi) is 8.22. The highest BCUT2D eigenvalue weighted by atomic mass is 16.5. The first-order chi connectivity index (χ1) is 16.9. The first-order valence-corrected chi connectivity index (χ1v) is 13.3. The highest BCUT2D eigenvalue weighted by Crippen LogP contribution is 2.36. The third-order valence-electron chi connectivity index (χ3n) is 7.23. The van der Waals surface area contributed by atoms with Crippen molar-refractivity contribution in [1.29, 1.82) is 0 Å². The molecule has 0 aliphatic heterocycles. The van der Waals surface area contributed by atoms with Gasteiger partial charge in [-0.15, -0.1) is 0 Å². The van der Waals surface area contributed by atoms with E-state index in [-0.39, 0.29) is 0 Å². The summed E-state index contributed by atoms with van der Waals surface area (Å²) in [5.41, 5.74) is 8.83. The number of hydrogen-bond donors (Lipinski definition) is 0. The van der Waals surface area contributed by atoms with Crippen LogP contribution in [0, 0.1) is 12.8 Å². The Morgan fingerprint density at radius 2 is 1.71 bits per heavy atom. The zero-order valence-electron chi connectivity index (χ0n) is 22.4. The lowest BCUT2D eigenvalue weighted by Gasteiger charge is -2.33. The average Bonchev–Trinajstić information content (AvgIpc) is 2.87. The second-order valence-corrected chi connectivity index (χ2v) is 10.3. The number of fused-ring (bicyclic) bond motifs is 1. The summed E-state index contributed by atoms with van der Waals surface area (Å²) in [4.78, 5) is 12.6. The Morgan fingerprint density at radius 1 is 1.00 bits per heavy atom. The second kappa shape index (κ2) is 11.3. The lowest BCUT2D eigenvalue weighted by Crippen LogP contribution is -2.28. The summed E-state index contributed by atoms with van der Waals surface area (Å²) in [6, 6.07) is 15.9. The summed E-state index contributed by atoms with van der Waals surface area (Å²) in [5, 5.41) is 0. The normalized spacial score (nSPS) is 15.5. The zero-order valence-corrected chi connectivity index (χ0v) is 22.4. The fourth-order valence-electron chi connectivity index (χ4n) is 5.30. The first kappa shape index (κ1) is 25.4. The van der Waals surface area contributed by atoms with Gasteiger partial charge in [0.2, 0.25) is 5.88 Å². The van der Waals surface area contributed by atoms with Crippen LogP contribution in [0.4, 0.5) is 0 Å². The van der Waals surface area contributed by atoms with Crippen molar-refractivity contribution < 1.29 is 4.74 Å². The van der Waals surface area contributed by atoms with E-state index in [1.807, 2.05) is 0 Å². The molecular weight excluding hydrogens is 430 g/mol. The molecule has 0 saturated carbocycles. The quantitative estimate of drug-likeness (QED) is 0.333. The lowest BCUT2D eigenvalue weighted by molar-refractivity contribution is 0.203. The van der Waals surface area contributed by atoms with E-state index in [9.17, 15) is 0 Å². The molecule has 0 fully saturated rings. The zero-order chi connectivity index (χ0) is 24.9. The number of nitrogens with zero attached hydrogens (tertiary/aromatic N) is 3. The van der Waals surface area contributed by atoms with E-state index in [4.69, 9.17) is 14.7 Å². The Morgan fingerprint density at radius 3 is 2.40 bits per heavy atom. The van der Waals surface area contributed by atoms with Gasteiger partial charge in [0.05, 0.1) is 6.61 Å². The van der Waals surface area contributed by atoms with Gasteiger partial charge in [0.1, 0.15) is 0 Å². The van der Waals surface area contributed by atoms with E-state index in [0.29, 0.717) is 18.6 Å². The predicted octanol–water partition coefficient (Wildman–Crippen LogP) is 7.12. The average molecular weight is 472 g/mol. The van der Waals surface area contributed by atoms with Gasteiger partial charge in [0, 0.05) is 29.4 Å². The van der Waals surface area contributed by atoms with Crippen LogP contribution in [0.15, 0.2) is 42.5 Å². The van der Waals surface area contributed by atoms with E-state index in [1.165, 1.54) is 47.1 Å². The van der Waals surface area contributed by atoms with Gasteiger partial charge in [-0.25, -0.2) is 4.98 Å². The number of ether oxygens (including phenoxy) is 1. The lowest BCUT2D eigenvalue weighted by atomic mass is 9.87. The van der Waals surface area contributed by atoms with Gasteiger partial charge in [-0.05, 0) is 74.2 Å². The van der Waals surface area contributed by atoms with E-state index in [2.05, 4.69) is 89.0 Å². The summed E-state index contributed by atoms with van der Waals surface area (Å²) in [6.45, 7) is 12.3. The molecule has 1 atom stereocenters. The molecule has 0 spiro atoms. The van der Waals surface area contributed by atoms with Gasteiger partial charge >= 0.3 is 0 Å². The van der Waals surface area contributed by atoms with Gasteiger partial charge in [-0.2, -0.15) is 4.98 Å². The molecule has 186 valence electrons. The first-order valence-electron chi connectivity index (χ1n) is 13.3. The van der Waals surface area contributed by atoms with Gasteiger partial charge in [-0.3, -0.25) is 4.90 Å². The molecule has 0 saturated heterocycles. The summed E-state index contributed by atoms with van der Waals surface area (Å²) in [6.07, 6.45) is 5.50. The molecule has 1 aliphatic rings. The summed E-state index contributed by atoms with van der Waals surface area (Å²) < 4.78 is 6.37. The molecule has 35 heavy (non-hydrogen) atoms. The number of hydrogen-bond acceptors (Lipinski definition) is 4. The smallest absolute Gasteiger partial charge is 0.221 e. The molecule has 3 aromatic rings. The summed E-state index contributed by atoms with van der Waals surface area (Å²) in [5.74, 6) is 1.97. The van der Waals surface area contributed by atoms with Gasteiger partial charge in [-0.1, -0.05) is 70.2 Å². The maximum absolute atomic E-state index is 6.37. The molecule has 1 heterocycles. The van der Waals surface area contributed by atoms with Crippen molar-refractivity contribution in [3.63, 3.8) is 0 Å². The summed E-state index contributed by atoms with van der Waals surface area (Å²) >= 11 is 0. The van der Waals surface area contributed by atoms with Crippen LogP contribution in [0.3, 0.4) is 0 Å². The van der Waals surface area contributed by atoms with Crippen molar-refractivity contribution in [2.24, 2.45) is 5.92 Å². The van der Waals surface area contributed by atoms with Crippen molar-refractivity contribution in [3.05, 3.63) is 76.0 Å². The van der Waals surface area contributed by atoms with Gasteiger partial charge in [0.15, 0.2) is 5.82 Å². The molecule has 0 radical (unpaired) electrons. The largest absolute Gasteiger partial charge is 0.477 e. The van der Waals surface area contributed by atoms with Gasteiger partial charge in [0.25, 0.3) is 0 Å². The molecule has 0 bridgehead atoms. The maximum Gasteiger partial charge on any atom is 0.221 e. The van der Waals surface area contributed by atoms with E-state index in [1.54, 1.807) is 0 Å². The Hall–Kier alpha value is -2.72. The fraction of sp³-hybridized carbons (Fsp3) is 0.484. The predicted molar refractivity (Wildman–Crippen MR) is 145 cm³/mol. The van der Waals surface area contributed by atoms with Gasteiger partial charge < -0.3 is 4.74 Å². The third kappa shape index (κ3) is 5.59. The van der Waals surface area contributed by atoms with Crippen LogP contribution in [0.2, 0.25) is 0 Å². The second-order valence-electron chi connectivity index (χ2n) is 10.3. The number of rotatable bonds is 9. The highest BCUT2D eigenvalue weighted by Gasteiger charge is 2.26. The minimum Gasteiger partial charge on any atom is -0.477 e. The topological polar surface area (TPSA) is 38.2 Å². The maximum atomic E-state index is 6.37. The molecule has 1 aromatic heterocycles. The van der Waals surface area contributed by atoms with Crippen LogP contribution in [-0.2, 0) is 25.8 Å². The van der Waals surface area contributed by atoms with Crippen molar-refractivity contribution >= 4 is 0 Å². The van der Waals surface area contributed by atoms with Crippen LogP contribution < -0.4 is 4.74 Å². The van der Waals surface area contributed by atoms with E-state index in [0.717, 1.165) is 42.3 Å². The summed E-state index contributed by atoms with van der Waals surface area (Å²) in [7, 11) is 2.23. The Balaban J connectivity index is 1.73. The van der Waals surface area contributed by atoms with Crippen LogP contribution in [-0.4, -0.2) is 28.5 Å². The molecule has 4 nitrogen and oxygen atoms in total. The van der Waals surface area contributed by atoms with Crippen molar-refractivity contribution in [1.82, 2.24) is 14.9 Å². The van der Waals surface area contributed by atoms with Crippen molar-refractivity contribution in [3.8, 4) is 17.3 Å². The van der Waals surface area contributed by atoms with Crippen LogP contribution in [0.5, 0.6) is 5.88 Å². The molecule has 0 unspecified atom stereocenters. The van der Waals surface area contributed by atoms with Crippen LogP contribution in [0.1, 0.15) is 80.1 Å². The molecule has 0 N–H and O–H groups in total. The minimum absolute atomic E-state index is 0.407. The number of aromatic nitrogens is 2. The molecule has 4 rings (SSSR count). The Bertz CT molecular complexity index is 1130. The fourth-order valence-corrected chi connectivity index (χ4v) is 5.30. The minimum atomic E-state index is 0.407. The van der Waals surface area contributed by atoms with Crippen molar-refractivity contribution in [2.75, 3.05) is 13.7 Å². The molecule has 4 heteroatoms. The van der Waals surface area contributed by atoms with E-state index >= 15 is 0 Å². The SMILES string of the molecule is CCc1cccc(CC)c1-c1nc(C)c(CN(C)[C@H]2CCCc3ccccc32)c(OCC(C)C)n1. The van der Waals surface area contributed by atoms with Crippen LogP contribution >= 0.6 is 0 Å². The molecule has 1 aliphatic carbocycles. The van der Waals surface area contributed by atoms with Crippen molar-refractivity contribution in [2.45, 2.75) is 79.3 Å². The Labute approximate surface area is 211 Å². The molecule has 2 aromatic carbocycles. The standard InChI is InChI=1S/C31H41N3O/c1-7-23-14-11-15-24(8-2)29(23)30-32-22(5)27(31(33-30)35-20-21(3)4)19-34(6)28-18-12-16-25-13-9-10-17-26(25)28/h9-11,13-15,17,21,28H,7-8,12,16,18-20H2,1-6H3/t28-/m0/s1. The molecular formula is C31H41N3O. The molecule has 0 amide bonds. The highest BCUT2D eigenvalue weighted by molar-refractivity contribution is 5.66.